The summed E-state index contributed by atoms with van der Waals surface area (Å²) in [6, 6.07) is 10.9. The lowest BCUT2D eigenvalue weighted by molar-refractivity contribution is 0.0964. The van der Waals surface area contributed by atoms with E-state index in [1.54, 1.807) is 30.6 Å². The third kappa shape index (κ3) is 1.59. The highest BCUT2D eigenvalue weighted by atomic mass is 16.2. The van der Waals surface area contributed by atoms with Crippen LogP contribution in [-0.4, -0.2) is 20.4 Å². The van der Waals surface area contributed by atoms with E-state index in [1.165, 1.54) is 10.9 Å². The number of fused-ring (bicyclic) bond motifs is 1. The molecule has 0 bridgehead atoms. The van der Waals surface area contributed by atoms with Gasteiger partial charge in [-0.1, -0.05) is 18.2 Å². The Labute approximate surface area is 97.6 Å². The summed E-state index contributed by atoms with van der Waals surface area (Å²) < 4.78 is 1.53. The van der Waals surface area contributed by atoms with Crippen molar-refractivity contribution in [2.24, 2.45) is 0 Å². The Morgan fingerprint density at radius 2 is 1.94 bits per heavy atom. The summed E-state index contributed by atoms with van der Waals surface area (Å²) in [5, 5.41) is 0. The van der Waals surface area contributed by atoms with E-state index in [1.807, 2.05) is 18.2 Å². The zero-order valence-corrected chi connectivity index (χ0v) is 8.95. The highest BCUT2D eigenvalue weighted by Gasteiger charge is 2.11. The Morgan fingerprint density at radius 1 is 1.12 bits per heavy atom. The predicted molar refractivity (Wildman–Crippen MR) is 63.7 cm³/mol. The molecule has 0 atom stereocenters. The number of pyridine rings is 1. The number of rotatable bonds is 1. The molecule has 1 aromatic carbocycles. The minimum absolute atomic E-state index is 0.0840. The van der Waals surface area contributed by atoms with Gasteiger partial charge in [-0.3, -0.25) is 14.3 Å². The Bertz CT molecular complexity index is 673. The van der Waals surface area contributed by atoms with Gasteiger partial charge in [0.2, 0.25) is 0 Å². The van der Waals surface area contributed by atoms with E-state index >= 15 is 0 Å². The van der Waals surface area contributed by atoms with Crippen LogP contribution in [0.5, 0.6) is 0 Å². The maximum Gasteiger partial charge on any atom is 0.263 e. The lowest BCUT2D eigenvalue weighted by atomic mass is 10.2. The van der Waals surface area contributed by atoms with Gasteiger partial charge in [-0.15, -0.1) is 0 Å². The number of aromatic nitrogens is 3. The molecule has 0 unspecified atom stereocenters. The van der Waals surface area contributed by atoms with Crippen LogP contribution in [0, 0.1) is 0 Å². The van der Waals surface area contributed by atoms with Crippen LogP contribution >= 0.6 is 0 Å². The molecule has 0 saturated heterocycles. The Kier molecular flexibility index (Phi) is 2.19. The molecule has 0 saturated carbocycles. The standard InChI is InChI=1S/C13H9N3O/c17-13(10-4-2-1-3-5-10)16-9-15-11-8-14-7-6-12(11)16/h1-9H. The van der Waals surface area contributed by atoms with Crippen molar-refractivity contribution < 1.29 is 4.79 Å². The van der Waals surface area contributed by atoms with Crippen molar-refractivity contribution in [3.05, 3.63) is 60.7 Å². The van der Waals surface area contributed by atoms with Crippen molar-refractivity contribution in [3.63, 3.8) is 0 Å². The van der Waals surface area contributed by atoms with Gasteiger partial charge in [-0.05, 0) is 18.2 Å². The van der Waals surface area contributed by atoms with Crippen LogP contribution in [0.3, 0.4) is 0 Å². The number of carbonyl (C=O) groups excluding carboxylic acids is 1. The average Bonchev–Trinajstić information content (AvgIpc) is 2.83. The largest absolute Gasteiger partial charge is 0.268 e. The van der Waals surface area contributed by atoms with Crippen LogP contribution in [0.15, 0.2) is 55.1 Å². The molecule has 2 aromatic heterocycles. The molecule has 0 spiro atoms. The summed E-state index contributed by atoms with van der Waals surface area (Å²) in [6.07, 6.45) is 4.82. The lowest BCUT2D eigenvalue weighted by Crippen LogP contribution is -2.10. The smallest absolute Gasteiger partial charge is 0.263 e. The van der Waals surface area contributed by atoms with Crippen molar-refractivity contribution >= 4 is 16.9 Å². The van der Waals surface area contributed by atoms with E-state index in [2.05, 4.69) is 9.97 Å². The highest BCUT2D eigenvalue weighted by molar-refractivity contribution is 6.00. The SMILES string of the molecule is O=C(c1ccccc1)n1cnc2cnccc21. The zero-order chi connectivity index (χ0) is 11.7. The maximum absolute atomic E-state index is 12.2. The molecule has 82 valence electrons. The van der Waals surface area contributed by atoms with Crippen molar-refractivity contribution in [1.29, 1.82) is 0 Å². The first-order chi connectivity index (χ1) is 8.36. The third-order valence-corrected chi connectivity index (χ3v) is 2.59. The molecule has 0 amide bonds. The fourth-order valence-corrected chi connectivity index (χ4v) is 1.75. The quantitative estimate of drug-likeness (QED) is 0.634. The molecular weight excluding hydrogens is 214 g/mol. The molecule has 0 aliphatic heterocycles. The summed E-state index contributed by atoms with van der Waals surface area (Å²) in [6.45, 7) is 0. The van der Waals surface area contributed by atoms with Gasteiger partial charge in [0.05, 0.1) is 11.7 Å². The molecule has 0 aliphatic rings. The summed E-state index contributed by atoms with van der Waals surface area (Å²) in [5.41, 5.74) is 2.13. The van der Waals surface area contributed by atoms with Gasteiger partial charge in [0.15, 0.2) is 0 Å². The number of hydrogen-bond acceptors (Lipinski definition) is 3. The van der Waals surface area contributed by atoms with E-state index in [-0.39, 0.29) is 5.91 Å². The predicted octanol–water partition coefficient (Wildman–Crippen LogP) is 2.12. The molecular formula is C13H9N3O. The first-order valence-corrected chi connectivity index (χ1v) is 5.23. The third-order valence-electron chi connectivity index (χ3n) is 2.59. The van der Waals surface area contributed by atoms with E-state index in [4.69, 9.17) is 0 Å². The Morgan fingerprint density at radius 3 is 2.76 bits per heavy atom. The molecule has 0 radical (unpaired) electrons. The second-order valence-electron chi connectivity index (χ2n) is 3.65. The second kappa shape index (κ2) is 3.83. The maximum atomic E-state index is 12.2. The molecule has 4 nitrogen and oxygen atoms in total. The Balaban J connectivity index is 2.14. The summed E-state index contributed by atoms with van der Waals surface area (Å²) in [7, 11) is 0. The molecule has 3 rings (SSSR count). The van der Waals surface area contributed by atoms with Crippen molar-refractivity contribution in [2.75, 3.05) is 0 Å². The van der Waals surface area contributed by atoms with Gasteiger partial charge in [-0.2, -0.15) is 0 Å². The fraction of sp³-hybridized carbons (Fsp3) is 0. The summed E-state index contributed by atoms with van der Waals surface area (Å²) in [5.74, 6) is -0.0840. The van der Waals surface area contributed by atoms with Crippen LogP contribution in [0.1, 0.15) is 10.4 Å². The van der Waals surface area contributed by atoms with Gasteiger partial charge in [0, 0.05) is 11.8 Å². The Hall–Kier alpha value is -2.49. The van der Waals surface area contributed by atoms with Gasteiger partial charge in [0.25, 0.3) is 5.91 Å². The van der Waals surface area contributed by atoms with Crippen LogP contribution in [0.25, 0.3) is 11.0 Å². The first-order valence-electron chi connectivity index (χ1n) is 5.23. The molecule has 3 aromatic rings. The fourth-order valence-electron chi connectivity index (χ4n) is 1.75. The number of benzene rings is 1. The summed E-state index contributed by atoms with van der Waals surface area (Å²) in [4.78, 5) is 20.3. The second-order valence-corrected chi connectivity index (χ2v) is 3.65. The van der Waals surface area contributed by atoms with Gasteiger partial charge in [0.1, 0.15) is 11.8 Å². The zero-order valence-electron chi connectivity index (χ0n) is 8.95. The van der Waals surface area contributed by atoms with Gasteiger partial charge >= 0.3 is 0 Å². The van der Waals surface area contributed by atoms with Crippen molar-refractivity contribution in [1.82, 2.24) is 14.5 Å². The summed E-state index contributed by atoms with van der Waals surface area (Å²) >= 11 is 0. The number of nitrogens with zero attached hydrogens (tertiary/aromatic N) is 3. The van der Waals surface area contributed by atoms with E-state index in [9.17, 15) is 4.79 Å². The minimum Gasteiger partial charge on any atom is -0.268 e. The molecule has 0 fully saturated rings. The van der Waals surface area contributed by atoms with E-state index < -0.39 is 0 Å². The van der Waals surface area contributed by atoms with Crippen molar-refractivity contribution in [3.8, 4) is 0 Å². The number of hydrogen-bond donors (Lipinski definition) is 0. The average molecular weight is 223 g/mol. The van der Waals surface area contributed by atoms with E-state index in [0.29, 0.717) is 5.56 Å². The minimum atomic E-state index is -0.0840. The monoisotopic (exact) mass is 223 g/mol. The molecule has 17 heavy (non-hydrogen) atoms. The van der Waals surface area contributed by atoms with Crippen LogP contribution in [0.2, 0.25) is 0 Å². The normalized spacial score (nSPS) is 10.6. The van der Waals surface area contributed by atoms with Crippen LogP contribution in [0.4, 0.5) is 0 Å². The number of imidazole rings is 1. The van der Waals surface area contributed by atoms with Crippen LogP contribution < -0.4 is 0 Å². The topological polar surface area (TPSA) is 47.8 Å². The molecule has 4 heteroatoms. The van der Waals surface area contributed by atoms with E-state index in [0.717, 1.165) is 11.0 Å². The van der Waals surface area contributed by atoms with Crippen molar-refractivity contribution in [2.45, 2.75) is 0 Å². The first kappa shape index (κ1) is 9.72. The van der Waals surface area contributed by atoms with Crippen LogP contribution in [-0.2, 0) is 0 Å². The molecule has 2 heterocycles. The highest BCUT2D eigenvalue weighted by Crippen LogP contribution is 2.12. The molecule has 0 aliphatic carbocycles. The molecule has 0 N–H and O–H groups in total. The number of carbonyl (C=O) groups is 1. The lowest BCUT2D eigenvalue weighted by Gasteiger charge is -2.02. The van der Waals surface area contributed by atoms with Gasteiger partial charge in [-0.25, -0.2) is 4.98 Å². The van der Waals surface area contributed by atoms with Gasteiger partial charge < -0.3 is 0 Å².